The molecule has 0 radical (unpaired) electrons. The van der Waals surface area contributed by atoms with Gasteiger partial charge in [0.1, 0.15) is 0 Å². The second-order valence-electron chi connectivity index (χ2n) is 5.96. The molecule has 0 bridgehead atoms. The summed E-state index contributed by atoms with van der Waals surface area (Å²) >= 11 is 0. The third-order valence-corrected chi connectivity index (χ3v) is 3.89. The van der Waals surface area contributed by atoms with Gasteiger partial charge in [-0.05, 0) is 44.6 Å². The molecule has 0 unspecified atom stereocenters. The first kappa shape index (κ1) is 22.8. The quantitative estimate of drug-likeness (QED) is 0.232. The molecular formula is C18H31IN4O3. The molecular weight excluding hydrogens is 447 g/mol. The highest BCUT2D eigenvalue weighted by atomic mass is 127. The zero-order valence-electron chi connectivity index (χ0n) is 15.9. The number of fused-ring (bicyclic) bond motifs is 1. The highest BCUT2D eigenvalue weighted by Gasteiger charge is 2.12. The number of ether oxygens (including phenoxy) is 3. The van der Waals surface area contributed by atoms with E-state index in [9.17, 15) is 0 Å². The van der Waals surface area contributed by atoms with E-state index in [4.69, 9.17) is 14.2 Å². The van der Waals surface area contributed by atoms with E-state index in [1.54, 1.807) is 7.11 Å². The van der Waals surface area contributed by atoms with Gasteiger partial charge in [-0.25, -0.2) is 4.99 Å². The normalized spacial score (nSPS) is 12.8. The van der Waals surface area contributed by atoms with Crippen molar-refractivity contribution in [3.63, 3.8) is 0 Å². The van der Waals surface area contributed by atoms with Crippen LogP contribution in [-0.2, 0) is 11.3 Å². The minimum absolute atomic E-state index is 0. The Morgan fingerprint density at radius 2 is 2.04 bits per heavy atom. The minimum Gasteiger partial charge on any atom is -0.454 e. The molecule has 7 nitrogen and oxygen atoms in total. The first-order chi connectivity index (χ1) is 12.2. The number of hydrogen-bond acceptors (Lipinski definition) is 5. The standard InChI is InChI=1S/C18H30N4O3.HI/c1-4-19-18(20-8-5-9-22(2)10-11-23-3)21-13-15-6-7-16-17(12-15)25-14-24-16;/h6-7,12H,4-5,8-11,13-14H2,1-3H3,(H2,19,20,21);1H. The molecule has 1 heterocycles. The van der Waals surface area contributed by atoms with Crippen LogP contribution in [0.15, 0.2) is 23.2 Å². The van der Waals surface area contributed by atoms with E-state index in [1.165, 1.54) is 0 Å². The SMILES string of the molecule is CCNC(=NCc1ccc2c(c1)OCO2)NCCCN(C)CCOC.I. The van der Waals surface area contributed by atoms with Crippen LogP contribution in [0.25, 0.3) is 0 Å². The summed E-state index contributed by atoms with van der Waals surface area (Å²) in [5, 5.41) is 6.66. The zero-order chi connectivity index (χ0) is 17.9. The molecule has 1 aliphatic heterocycles. The predicted octanol–water partition coefficient (Wildman–Crippen LogP) is 2.06. The van der Waals surface area contributed by atoms with Gasteiger partial charge in [0, 0.05) is 26.7 Å². The lowest BCUT2D eigenvalue weighted by molar-refractivity contribution is 0.161. The summed E-state index contributed by atoms with van der Waals surface area (Å²) < 4.78 is 15.8. The van der Waals surface area contributed by atoms with Crippen LogP contribution in [0, 0.1) is 0 Å². The second kappa shape index (κ2) is 13.0. The van der Waals surface area contributed by atoms with Gasteiger partial charge in [-0.1, -0.05) is 6.07 Å². The van der Waals surface area contributed by atoms with Crippen LogP contribution in [0.3, 0.4) is 0 Å². The monoisotopic (exact) mass is 478 g/mol. The fourth-order valence-corrected chi connectivity index (χ4v) is 2.47. The molecule has 2 N–H and O–H groups in total. The summed E-state index contributed by atoms with van der Waals surface area (Å²) in [6.45, 7) is 7.42. The van der Waals surface area contributed by atoms with Crippen molar-refractivity contribution >= 4 is 29.9 Å². The Bertz CT molecular complexity index is 557. The molecule has 0 saturated heterocycles. The molecule has 0 saturated carbocycles. The van der Waals surface area contributed by atoms with Crippen LogP contribution in [0.5, 0.6) is 11.5 Å². The van der Waals surface area contributed by atoms with Gasteiger partial charge in [-0.2, -0.15) is 0 Å². The third-order valence-electron chi connectivity index (χ3n) is 3.89. The summed E-state index contributed by atoms with van der Waals surface area (Å²) in [5.74, 6) is 2.43. The number of guanidine groups is 1. The Hall–Kier alpha value is -1.26. The number of rotatable bonds is 10. The Kier molecular flexibility index (Phi) is 11.4. The van der Waals surface area contributed by atoms with E-state index in [0.717, 1.165) is 62.2 Å². The molecule has 0 aliphatic carbocycles. The van der Waals surface area contributed by atoms with Gasteiger partial charge in [0.05, 0.1) is 13.2 Å². The topological polar surface area (TPSA) is 67.4 Å². The highest BCUT2D eigenvalue weighted by molar-refractivity contribution is 14.0. The summed E-state index contributed by atoms with van der Waals surface area (Å²) in [6.07, 6.45) is 1.05. The maximum absolute atomic E-state index is 5.41. The Balaban J connectivity index is 0.00000338. The van der Waals surface area contributed by atoms with E-state index in [1.807, 2.05) is 18.2 Å². The van der Waals surface area contributed by atoms with Crippen molar-refractivity contribution in [3.05, 3.63) is 23.8 Å². The summed E-state index contributed by atoms with van der Waals surface area (Å²) in [6, 6.07) is 5.94. The number of aliphatic imine (C=N–C) groups is 1. The number of benzene rings is 1. The third kappa shape index (κ3) is 7.96. The number of nitrogens with one attached hydrogen (secondary N) is 2. The van der Waals surface area contributed by atoms with Crippen LogP contribution >= 0.6 is 24.0 Å². The van der Waals surface area contributed by atoms with E-state index in [0.29, 0.717) is 13.3 Å². The minimum atomic E-state index is 0. The first-order valence-electron chi connectivity index (χ1n) is 8.81. The average Bonchev–Trinajstić information content (AvgIpc) is 3.09. The Morgan fingerprint density at radius 1 is 1.23 bits per heavy atom. The maximum Gasteiger partial charge on any atom is 0.231 e. The summed E-state index contributed by atoms with van der Waals surface area (Å²) in [5.41, 5.74) is 1.10. The van der Waals surface area contributed by atoms with Crippen molar-refractivity contribution in [1.82, 2.24) is 15.5 Å². The number of methoxy groups -OCH3 is 1. The van der Waals surface area contributed by atoms with Crippen molar-refractivity contribution in [2.24, 2.45) is 4.99 Å². The molecule has 1 aromatic carbocycles. The van der Waals surface area contributed by atoms with Gasteiger partial charge in [-0.3, -0.25) is 0 Å². The van der Waals surface area contributed by atoms with Crippen molar-refractivity contribution in [1.29, 1.82) is 0 Å². The van der Waals surface area contributed by atoms with Crippen molar-refractivity contribution in [3.8, 4) is 11.5 Å². The molecule has 0 aromatic heterocycles. The molecule has 0 atom stereocenters. The fourth-order valence-electron chi connectivity index (χ4n) is 2.47. The van der Waals surface area contributed by atoms with Crippen LogP contribution in [0.2, 0.25) is 0 Å². The number of nitrogens with zero attached hydrogens (tertiary/aromatic N) is 2. The second-order valence-corrected chi connectivity index (χ2v) is 5.96. The molecule has 26 heavy (non-hydrogen) atoms. The van der Waals surface area contributed by atoms with Crippen LogP contribution in [-0.4, -0.2) is 64.6 Å². The molecule has 0 fully saturated rings. The zero-order valence-corrected chi connectivity index (χ0v) is 18.2. The predicted molar refractivity (Wildman–Crippen MR) is 115 cm³/mol. The van der Waals surface area contributed by atoms with Gasteiger partial charge in [0.25, 0.3) is 0 Å². The Morgan fingerprint density at radius 3 is 2.81 bits per heavy atom. The fraction of sp³-hybridized carbons (Fsp3) is 0.611. The first-order valence-corrected chi connectivity index (χ1v) is 8.81. The van der Waals surface area contributed by atoms with E-state index < -0.39 is 0 Å². The van der Waals surface area contributed by atoms with E-state index >= 15 is 0 Å². The highest BCUT2D eigenvalue weighted by Crippen LogP contribution is 2.32. The molecule has 1 aliphatic rings. The van der Waals surface area contributed by atoms with Gasteiger partial charge in [0.2, 0.25) is 6.79 Å². The van der Waals surface area contributed by atoms with Crippen LogP contribution in [0.4, 0.5) is 0 Å². The van der Waals surface area contributed by atoms with Gasteiger partial charge >= 0.3 is 0 Å². The van der Waals surface area contributed by atoms with Crippen molar-refractivity contribution in [2.75, 3.05) is 53.7 Å². The Labute approximate surface area is 173 Å². The van der Waals surface area contributed by atoms with Gasteiger partial charge in [-0.15, -0.1) is 24.0 Å². The molecule has 148 valence electrons. The number of likely N-dealkylation sites (N-methyl/N-ethyl adjacent to an activating group) is 1. The average molecular weight is 478 g/mol. The van der Waals surface area contributed by atoms with E-state index in [2.05, 4.69) is 34.5 Å². The van der Waals surface area contributed by atoms with Gasteiger partial charge in [0.15, 0.2) is 17.5 Å². The lowest BCUT2D eigenvalue weighted by atomic mass is 10.2. The van der Waals surface area contributed by atoms with Crippen LogP contribution in [0.1, 0.15) is 18.9 Å². The molecule has 8 heteroatoms. The smallest absolute Gasteiger partial charge is 0.231 e. The molecule has 0 amide bonds. The molecule has 2 rings (SSSR count). The van der Waals surface area contributed by atoms with Gasteiger partial charge < -0.3 is 29.7 Å². The maximum atomic E-state index is 5.41. The number of halogens is 1. The molecule has 1 aromatic rings. The summed E-state index contributed by atoms with van der Waals surface area (Å²) in [4.78, 5) is 6.91. The lowest BCUT2D eigenvalue weighted by Crippen LogP contribution is -2.38. The largest absolute Gasteiger partial charge is 0.454 e. The lowest BCUT2D eigenvalue weighted by Gasteiger charge is -2.17. The van der Waals surface area contributed by atoms with Crippen molar-refractivity contribution < 1.29 is 14.2 Å². The molecule has 0 spiro atoms. The van der Waals surface area contributed by atoms with Crippen LogP contribution < -0.4 is 20.1 Å². The number of hydrogen-bond donors (Lipinski definition) is 2. The van der Waals surface area contributed by atoms with E-state index in [-0.39, 0.29) is 24.0 Å². The van der Waals surface area contributed by atoms with Crippen molar-refractivity contribution in [2.45, 2.75) is 19.9 Å². The summed E-state index contributed by atoms with van der Waals surface area (Å²) in [7, 11) is 3.84.